The molecule has 10 aromatic rings. The fourth-order valence-corrected chi connectivity index (χ4v) is 8.03. The molecule has 0 aliphatic rings. The van der Waals surface area contributed by atoms with Crippen LogP contribution < -0.4 is 0 Å². The fraction of sp³-hybridized carbons (Fsp3) is 0. The van der Waals surface area contributed by atoms with Crippen molar-refractivity contribution in [2.45, 2.75) is 0 Å². The summed E-state index contributed by atoms with van der Waals surface area (Å²) in [7, 11) is 0. The molecule has 5 heteroatoms. The Kier molecular flexibility index (Phi) is 6.01. The molecule has 0 N–H and O–H groups in total. The van der Waals surface area contributed by atoms with Crippen molar-refractivity contribution < 1.29 is 4.42 Å². The molecule has 3 aromatic heterocycles. The molecule has 0 bridgehead atoms. The van der Waals surface area contributed by atoms with E-state index in [2.05, 4.69) is 115 Å². The number of rotatable bonds is 4. The van der Waals surface area contributed by atoms with Crippen LogP contribution in [0, 0.1) is 0 Å². The maximum Gasteiger partial charge on any atom is 0.164 e. The van der Waals surface area contributed by atoms with Crippen LogP contribution in [0.15, 0.2) is 156 Å². The lowest BCUT2D eigenvalue weighted by atomic mass is 9.98. The van der Waals surface area contributed by atoms with E-state index in [1.165, 1.54) is 25.6 Å². The molecule has 0 atom stereocenters. The van der Waals surface area contributed by atoms with Crippen LogP contribution in [0.25, 0.3) is 98.2 Å². The zero-order chi connectivity index (χ0) is 31.6. The number of nitrogens with zero attached hydrogens (tertiary/aromatic N) is 3. The Bertz CT molecular complexity index is 2840. The zero-order valence-corrected chi connectivity index (χ0v) is 26.4. The SMILES string of the molecule is c1ccc(-c2cc(-c3nc(-c4ccccc4)nc(-c4ccc5c(c4)oc4ccc6ccccc6c45)n3)c3c(c2)sc2ccccc23)cc1. The molecule has 3 heterocycles. The third kappa shape index (κ3) is 4.33. The first-order valence-corrected chi connectivity index (χ1v) is 16.8. The number of thiophene rings is 1. The third-order valence-electron chi connectivity index (χ3n) is 9.11. The van der Waals surface area contributed by atoms with E-state index in [1.54, 1.807) is 11.3 Å². The summed E-state index contributed by atoms with van der Waals surface area (Å²) < 4.78 is 8.88. The number of hydrogen-bond acceptors (Lipinski definition) is 5. The maximum atomic E-state index is 6.44. The van der Waals surface area contributed by atoms with Gasteiger partial charge in [0.25, 0.3) is 0 Å². The molecule has 0 spiro atoms. The lowest BCUT2D eigenvalue weighted by molar-refractivity contribution is 0.669. The first-order valence-electron chi connectivity index (χ1n) is 15.9. The molecule has 10 rings (SSSR count). The predicted molar refractivity (Wildman–Crippen MR) is 199 cm³/mol. The van der Waals surface area contributed by atoms with E-state index in [1.807, 2.05) is 36.4 Å². The molecule has 4 nitrogen and oxygen atoms in total. The summed E-state index contributed by atoms with van der Waals surface area (Å²) in [6.45, 7) is 0. The van der Waals surface area contributed by atoms with Crippen LogP contribution >= 0.6 is 11.3 Å². The van der Waals surface area contributed by atoms with Gasteiger partial charge in [0, 0.05) is 47.6 Å². The standard InChI is InChI=1S/C43H25N3OS/c1-3-11-26(12-4-1)30-23-34(40-33-17-9-10-18-37(33)48-38(40)25-30)43-45-41(28-14-5-2-6-15-28)44-42(46-43)29-19-21-32-36(24-29)47-35-22-20-27-13-7-8-16-31(27)39(32)35/h1-25H. The van der Waals surface area contributed by atoms with Crippen molar-refractivity contribution in [2.24, 2.45) is 0 Å². The van der Waals surface area contributed by atoms with Crippen molar-refractivity contribution >= 4 is 64.2 Å². The summed E-state index contributed by atoms with van der Waals surface area (Å²) in [6.07, 6.45) is 0. The molecule has 0 aliphatic heterocycles. The molecule has 224 valence electrons. The van der Waals surface area contributed by atoms with Gasteiger partial charge < -0.3 is 4.42 Å². The van der Waals surface area contributed by atoms with Gasteiger partial charge in [-0.2, -0.15) is 0 Å². The quantitative estimate of drug-likeness (QED) is 0.194. The number of hydrogen-bond donors (Lipinski definition) is 0. The molecule has 0 amide bonds. The van der Waals surface area contributed by atoms with Gasteiger partial charge in [0.1, 0.15) is 11.2 Å². The predicted octanol–water partition coefficient (Wildman–Crippen LogP) is 12.0. The van der Waals surface area contributed by atoms with Crippen molar-refractivity contribution in [3.8, 4) is 45.3 Å². The molecule has 0 saturated carbocycles. The Balaban J connectivity index is 1.24. The van der Waals surface area contributed by atoms with E-state index in [-0.39, 0.29) is 0 Å². The molecule has 0 radical (unpaired) electrons. The Labute approximate surface area is 279 Å². The number of aromatic nitrogens is 3. The Morgan fingerprint density at radius 2 is 1.08 bits per heavy atom. The molecule has 48 heavy (non-hydrogen) atoms. The van der Waals surface area contributed by atoms with Crippen LogP contribution in [0.1, 0.15) is 0 Å². The minimum Gasteiger partial charge on any atom is -0.456 e. The van der Waals surface area contributed by atoms with Crippen molar-refractivity contribution in [2.75, 3.05) is 0 Å². The largest absolute Gasteiger partial charge is 0.456 e. The summed E-state index contributed by atoms with van der Waals surface area (Å²) >= 11 is 1.80. The van der Waals surface area contributed by atoms with Gasteiger partial charge in [0.2, 0.25) is 0 Å². The van der Waals surface area contributed by atoms with Gasteiger partial charge in [0.15, 0.2) is 17.5 Å². The summed E-state index contributed by atoms with van der Waals surface area (Å²) in [4.78, 5) is 15.4. The van der Waals surface area contributed by atoms with Crippen LogP contribution in [0.2, 0.25) is 0 Å². The van der Waals surface area contributed by atoms with Crippen molar-refractivity contribution in [1.29, 1.82) is 0 Å². The minimum absolute atomic E-state index is 0.601. The Morgan fingerprint density at radius 1 is 0.396 bits per heavy atom. The van der Waals surface area contributed by atoms with E-state index in [9.17, 15) is 0 Å². The van der Waals surface area contributed by atoms with E-state index in [4.69, 9.17) is 19.4 Å². The van der Waals surface area contributed by atoms with Gasteiger partial charge >= 0.3 is 0 Å². The highest BCUT2D eigenvalue weighted by Gasteiger charge is 2.20. The Morgan fingerprint density at radius 3 is 1.92 bits per heavy atom. The zero-order valence-electron chi connectivity index (χ0n) is 25.6. The average Bonchev–Trinajstić information content (AvgIpc) is 3.73. The molecule has 0 unspecified atom stereocenters. The van der Waals surface area contributed by atoms with Crippen molar-refractivity contribution in [3.63, 3.8) is 0 Å². The first kappa shape index (κ1) is 27.0. The topological polar surface area (TPSA) is 51.8 Å². The monoisotopic (exact) mass is 631 g/mol. The lowest BCUT2D eigenvalue weighted by Gasteiger charge is -2.11. The van der Waals surface area contributed by atoms with Crippen LogP contribution in [-0.2, 0) is 0 Å². The molecule has 0 fully saturated rings. The molecule has 0 aliphatic carbocycles. The number of fused-ring (bicyclic) bond motifs is 8. The van der Waals surface area contributed by atoms with E-state index in [0.717, 1.165) is 55.1 Å². The van der Waals surface area contributed by atoms with Crippen molar-refractivity contribution in [1.82, 2.24) is 15.0 Å². The van der Waals surface area contributed by atoms with Crippen LogP contribution in [0.4, 0.5) is 0 Å². The smallest absolute Gasteiger partial charge is 0.164 e. The molecular formula is C43H25N3OS. The highest BCUT2D eigenvalue weighted by Crippen LogP contribution is 2.43. The maximum absolute atomic E-state index is 6.44. The number of benzene rings is 7. The van der Waals surface area contributed by atoms with E-state index >= 15 is 0 Å². The van der Waals surface area contributed by atoms with E-state index in [0.29, 0.717) is 17.5 Å². The summed E-state index contributed by atoms with van der Waals surface area (Å²) in [6, 6.07) is 52.7. The highest BCUT2D eigenvalue weighted by atomic mass is 32.1. The minimum atomic E-state index is 0.601. The fourth-order valence-electron chi connectivity index (χ4n) is 6.86. The summed E-state index contributed by atoms with van der Waals surface area (Å²) in [5.41, 5.74) is 6.75. The second-order valence-corrected chi connectivity index (χ2v) is 13.1. The van der Waals surface area contributed by atoms with Gasteiger partial charge in [-0.15, -0.1) is 11.3 Å². The highest BCUT2D eigenvalue weighted by molar-refractivity contribution is 7.26. The summed E-state index contributed by atoms with van der Waals surface area (Å²) in [5.74, 6) is 1.87. The van der Waals surface area contributed by atoms with Gasteiger partial charge in [-0.3, -0.25) is 0 Å². The summed E-state index contributed by atoms with van der Waals surface area (Å²) in [5, 5.41) is 6.93. The second kappa shape index (κ2) is 10.7. The van der Waals surface area contributed by atoms with E-state index < -0.39 is 0 Å². The van der Waals surface area contributed by atoms with Crippen LogP contribution in [-0.4, -0.2) is 15.0 Å². The van der Waals surface area contributed by atoms with Gasteiger partial charge in [-0.05, 0) is 58.3 Å². The van der Waals surface area contributed by atoms with Crippen LogP contribution in [0.5, 0.6) is 0 Å². The normalized spacial score (nSPS) is 11.8. The second-order valence-electron chi connectivity index (χ2n) is 12.0. The van der Waals surface area contributed by atoms with Gasteiger partial charge in [-0.1, -0.05) is 115 Å². The Hall–Kier alpha value is -6.17. The molecule has 7 aromatic carbocycles. The number of furan rings is 1. The molecular weight excluding hydrogens is 607 g/mol. The lowest BCUT2D eigenvalue weighted by Crippen LogP contribution is -2.00. The van der Waals surface area contributed by atoms with Gasteiger partial charge in [0.05, 0.1) is 0 Å². The molecule has 0 saturated heterocycles. The first-order chi connectivity index (χ1) is 23.8. The van der Waals surface area contributed by atoms with Crippen molar-refractivity contribution in [3.05, 3.63) is 152 Å². The van der Waals surface area contributed by atoms with Crippen LogP contribution in [0.3, 0.4) is 0 Å². The van der Waals surface area contributed by atoms with Gasteiger partial charge in [-0.25, -0.2) is 15.0 Å². The third-order valence-corrected chi connectivity index (χ3v) is 10.2. The average molecular weight is 632 g/mol.